The van der Waals surface area contributed by atoms with Crippen molar-refractivity contribution in [1.29, 1.82) is 0 Å². The van der Waals surface area contributed by atoms with Crippen molar-refractivity contribution in [3.05, 3.63) is 63.8 Å². The van der Waals surface area contributed by atoms with Crippen molar-refractivity contribution in [2.24, 2.45) is 0 Å². The largest absolute Gasteiger partial charge is 0.507 e. The Kier molecular flexibility index (Phi) is 3.71. The van der Waals surface area contributed by atoms with Gasteiger partial charge in [-0.15, -0.1) is 0 Å². The number of aryl methyl sites for hydroxylation is 1. The highest BCUT2D eigenvalue weighted by atomic mass is 16.5. The Balaban J connectivity index is 1.82. The molecule has 2 aliphatic rings. The summed E-state index contributed by atoms with van der Waals surface area (Å²) in [5.74, 6) is -0.567. The fourth-order valence-corrected chi connectivity index (χ4v) is 4.44. The molecule has 3 aromatic rings. The summed E-state index contributed by atoms with van der Waals surface area (Å²) >= 11 is 0. The minimum atomic E-state index is -1.36. The molecule has 0 fully saturated rings. The molecule has 2 N–H and O–H groups in total. The predicted octanol–water partition coefficient (Wildman–Crippen LogP) is 3.39. The fraction of sp³-hybridized carbons (Fsp3) is 0.217. The van der Waals surface area contributed by atoms with Gasteiger partial charge in [-0.05, 0) is 39.8 Å². The van der Waals surface area contributed by atoms with Crippen LogP contribution in [-0.4, -0.2) is 36.5 Å². The number of carbonyl (C=O) groups excluding carboxylic acids is 2. The van der Waals surface area contributed by atoms with E-state index in [4.69, 9.17) is 4.74 Å². The van der Waals surface area contributed by atoms with Crippen LogP contribution in [0.25, 0.3) is 11.9 Å². The van der Waals surface area contributed by atoms with E-state index >= 15 is 0 Å². The number of Topliss-reactive ketones (excluding diaryl/α,β-unsaturated/α-hetero) is 2. The number of pyridine rings is 1. The van der Waals surface area contributed by atoms with Crippen LogP contribution in [-0.2, 0) is 5.41 Å². The number of ether oxygens (including phenoxy) is 1. The van der Waals surface area contributed by atoms with Crippen LogP contribution in [0.15, 0.2) is 30.2 Å². The fourth-order valence-electron chi connectivity index (χ4n) is 4.44. The summed E-state index contributed by atoms with van der Waals surface area (Å²) in [7, 11) is 0. The normalized spacial score (nSPS) is 18.7. The summed E-state index contributed by atoms with van der Waals surface area (Å²) < 4.78 is 7.55. The van der Waals surface area contributed by atoms with Crippen LogP contribution in [0.2, 0.25) is 0 Å². The number of hydrogen-bond donors (Lipinski definition) is 2. The number of allylic oxidation sites excluding steroid dienone is 1. The molecule has 1 aromatic carbocycles. The molecule has 156 valence electrons. The van der Waals surface area contributed by atoms with Gasteiger partial charge in [0.15, 0.2) is 17.4 Å². The third-order valence-electron chi connectivity index (χ3n) is 6.11. The van der Waals surface area contributed by atoms with Crippen LogP contribution >= 0.6 is 0 Å². The third kappa shape index (κ3) is 2.24. The second-order valence-electron chi connectivity index (χ2n) is 7.97. The van der Waals surface area contributed by atoms with Crippen molar-refractivity contribution in [3.63, 3.8) is 0 Å². The van der Waals surface area contributed by atoms with Crippen molar-refractivity contribution < 1.29 is 24.5 Å². The van der Waals surface area contributed by atoms with Gasteiger partial charge >= 0.3 is 0 Å². The molecule has 1 atom stereocenters. The van der Waals surface area contributed by atoms with E-state index < -0.39 is 11.2 Å². The minimum absolute atomic E-state index is 0.00958. The maximum absolute atomic E-state index is 13.8. The van der Waals surface area contributed by atoms with Crippen LogP contribution in [0.4, 0.5) is 0 Å². The van der Waals surface area contributed by atoms with Crippen LogP contribution in [0.1, 0.15) is 57.1 Å². The number of fused-ring (bicyclic) bond motifs is 4. The van der Waals surface area contributed by atoms with E-state index in [1.54, 1.807) is 42.9 Å². The number of nitrogens with zero attached hydrogens (tertiary/aromatic N) is 3. The van der Waals surface area contributed by atoms with Crippen LogP contribution in [0.3, 0.4) is 0 Å². The van der Waals surface area contributed by atoms with Gasteiger partial charge in [-0.25, -0.2) is 9.67 Å². The van der Waals surface area contributed by atoms with Gasteiger partial charge in [0.1, 0.15) is 34.0 Å². The summed E-state index contributed by atoms with van der Waals surface area (Å²) in [6.07, 6.45) is 3.31. The Morgan fingerprint density at radius 1 is 1.19 bits per heavy atom. The number of aromatic hydroxyl groups is 2. The van der Waals surface area contributed by atoms with Gasteiger partial charge in [-0.3, -0.25) is 9.59 Å². The second kappa shape index (κ2) is 6.04. The van der Waals surface area contributed by atoms with Crippen LogP contribution < -0.4 is 4.74 Å². The average Bonchev–Trinajstić information content (AvgIpc) is 3.22. The second-order valence-corrected chi connectivity index (χ2v) is 7.97. The van der Waals surface area contributed by atoms with Crippen LogP contribution in [0, 0.1) is 13.8 Å². The molecule has 0 spiro atoms. The molecule has 0 saturated heterocycles. The summed E-state index contributed by atoms with van der Waals surface area (Å²) in [5, 5.41) is 25.8. The maximum Gasteiger partial charge on any atom is 0.185 e. The van der Waals surface area contributed by atoms with E-state index in [0.717, 1.165) is 0 Å². The molecule has 0 bridgehead atoms. The highest BCUT2D eigenvalue weighted by molar-refractivity contribution is 6.14. The van der Waals surface area contributed by atoms with Crippen molar-refractivity contribution >= 4 is 17.6 Å². The number of hydrogen-bond acceptors (Lipinski definition) is 7. The van der Waals surface area contributed by atoms with Gasteiger partial charge in [0, 0.05) is 17.8 Å². The zero-order chi connectivity index (χ0) is 22.2. The lowest BCUT2D eigenvalue weighted by atomic mass is 9.71. The highest BCUT2D eigenvalue weighted by Gasteiger charge is 2.55. The molecule has 8 heteroatoms. The highest BCUT2D eigenvalue weighted by Crippen LogP contribution is 2.58. The minimum Gasteiger partial charge on any atom is -0.507 e. The molecule has 0 saturated carbocycles. The summed E-state index contributed by atoms with van der Waals surface area (Å²) in [5.41, 5.74) is 0.292. The molecular weight excluding hydrogens is 398 g/mol. The number of rotatable bonds is 2. The predicted molar refractivity (Wildman–Crippen MR) is 111 cm³/mol. The van der Waals surface area contributed by atoms with Crippen LogP contribution in [0.5, 0.6) is 17.2 Å². The van der Waals surface area contributed by atoms with Crippen molar-refractivity contribution in [3.8, 4) is 23.1 Å². The number of aromatic nitrogens is 3. The van der Waals surface area contributed by atoms with Crippen molar-refractivity contribution in [2.75, 3.05) is 0 Å². The maximum atomic E-state index is 13.8. The van der Waals surface area contributed by atoms with Gasteiger partial charge in [-0.2, -0.15) is 5.10 Å². The Morgan fingerprint density at radius 2 is 1.94 bits per heavy atom. The van der Waals surface area contributed by atoms with E-state index in [1.807, 2.05) is 6.07 Å². The summed E-state index contributed by atoms with van der Waals surface area (Å²) in [4.78, 5) is 30.4. The number of carbonyl (C=O) groups is 2. The summed E-state index contributed by atoms with van der Waals surface area (Å²) in [6.45, 7) is 6.17. The monoisotopic (exact) mass is 417 g/mol. The van der Waals surface area contributed by atoms with Gasteiger partial charge in [0.05, 0.1) is 22.5 Å². The number of phenolic OH excluding ortho intramolecular Hbond substituents is 2. The zero-order valence-electron chi connectivity index (χ0n) is 17.3. The first-order valence-corrected chi connectivity index (χ1v) is 9.73. The molecule has 1 aliphatic heterocycles. The first-order chi connectivity index (χ1) is 14.7. The smallest absolute Gasteiger partial charge is 0.185 e. The molecule has 3 heterocycles. The Bertz CT molecular complexity index is 1350. The number of ketones is 2. The molecule has 5 rings (SSSR count). The summed E-state index contributed by atoms with van der Waals surface area (Å²) in [6, 6.07) is 5.37. The molecule has 0 radical (unpaired) electrons. The lowest BCUT2D eigenvalue weighted by molar-refractivity contribution is 0.0905. The Morgan fingerprint density at radius 3 is 2.58 bits per heavy atom. The van der Waals surface area contributed by atoms with Crippen molar-refractivity contribution in [1.82, 2.24) is 14.8 Å². The van der Waals surface area contributed by atoms with E-state index in [-0.39, 0.29) is 45.5 Å². The third-order valence-corrected chi connectivity index (χ3v) is 6.11. The standard InChI is InChI=1S/C23H19N3O5/c1-10-19(28)17(12(3)27)21-18(20(10)29)23(4)14(31-21)9-13-16(22(23)30)11(2)25-26(13)15-7-5-6-8-24-15/h5-9,28-29H,1-4H3/t23-/m0/s1. The first-order valence-electron chi connectivity index (χ1n) is 9.73. The molecule has 31 heavy (non-hydrogen) atoms. The van der Waals surface area contributed by atoms with E-state index in [9.17, 15) is 19.8 Å². The SMILES string of the molecule is CC(=O)c1c(O)c(C)c(O)c2c1OC1=Cc3c(c(C)nn3-c3ccccn3)C(=O)[C@@]12C. The molecule has 8 nitrogen and oxygen atoms in total. The van der Waals surface area contributed by atoms with Gasteiger partial charge in [0.2, 0.25) is 0 Å². The average molecular weight is 417 g/mol. The molecule has 0 amide bonds. The van der Waals surface area contributed by atoms with Gasteiger partial charge in [0.25, 0.3) is 0 Å². The molecule has 1 aliphatic carbocycles. The van der Waals surface area contributed by atoms with Gasteiger partial charge < -0.3 is 14.9 Å². The molecule has 0 unspecified atom stereocenters. The van der Waals surface area contributed by atoms with E-state index in [0.29, 0.717) is 22.8 Å². The lowest BCUT2D eigenvalue weighted by Gasteiger charge is -2.27. The topological polar surface area (TPSA) is 115 Å². The Labute approximate surface area is 177 Å². The van der Waals surface area contributed by atoms with Gasteiger partial charge in [-0.1, -0.05) is 6.07 Å². The quantitative estimate of drug-likeness (QED) is 0.614. The number of phenols is 2. The molecular formula is C23H19N3O5. The van der Waals surface area contributed by atoms with Crippen molar-refractivity contribution in [2.45, 2.75) is 33.1 Å². The van der Waals surface area contributed by atoms with E-state index in [1.165, 1.54) is 13.8 Å². The Hall–Kier alpha value is -3.94. The van der Waals surface area contributed by atoms with E-state index in [2.05, 4.69) is 10.1 Å². The first kappa shape index (κ1) is 19.0. The molecule has 2 aromatic heterocycles. The lowest BCUT2D eigenvalue weighted by Crippen LogP contribution is -2.36. The number of benzene rings is 1. The zero-order valence-corrected chi connectivity index (χ0v) is 17.3.